The van der Waals surface area contributed by atoms with Crippen molar-refractivity contribution in [2.45, 2.75) is 12.3 Å². The number of hydrogen-bond donors (Lipinski definition) is 3. The van der Waals surface area contributed by atoms with Gasteiger partial charge in [0.05, 0.1) is 0 Å². The van der Waals surface area contributed by atoms with Gasteiger partial charge in [-0.25, -0.2) is 0 Å². The molecule has 0 amide bonds. The molecular formula is C12H15Cl2N5. The van der Waals surface area contributed by atoms with Gasteiger partial charge in [0.15, 0.2) is 5.96 Å². The Bertz CT molecular complexity index is 525. The molecule has 0 aromatic heterocycles. The number of hydrogen-bond acceptors (Lipinski definition) is 1. The van der Waals surface area contributed by atoms with Gasteiger partial charge in [-0.15, -0.1) is 0 Å². The van der Waals surface area contributed by atoms with Crippen molar-refractivity contribution in [2.75, 3.05) is 13.1 Å². The molecule has 0 saturated carbocycles. The number of aliphatic imine (C=N–C) groups is 1. The number of nitrogens with zero attached hydrogens (tertiary/aromatic N) is 2. The number of nitrogens with one attached hydrogen (secondary N) is 1. The topological polar surface area (TPSA) is 91.5 Å². The number of likely N-dealkylation sites (tertiary alicyclic amines) is 1. The molecule has 0 spiro atoms. The quantitative estimate of drug-likeness (QED) is 0.547. The second kappa shape index (κ2) is 5.67. The third-order valence-electron chi connectivity index (χ3n) is 3.13. The summed E-state index contributed by atoms with van der Waals surface area (Å²) in [5, 5.41) is 9.06. The van der Waals surface area contributed by atoms with Crippen LogP contribution in [0.5, 0.6) is 0 Å². The van der Waals surface area contributed by atoms with Crippen LogP contribution < -0.4 is 11.5 Å². The van der Waals surface area contributed by atoms with Crippen molar-refractivity contribution in [3.63, 3.8) is 0 Å². The molecule has 1 aliphatic heterocycles. The zero-order valence-electron chi connectivity index (χ0n) is 10.2. The first-order chi connectivity index (χ1) is 8.97. The van der Waals surface area contributed by atoms with Gasteiger partial charge >= 0.3 is 0 Å². The normalized spacial score (nSPS) is 18.4. The Hall–Kier alpha value is -1.46. The number of rotatable bonds is 1. The molecule has 2 rings (SSSR count). The van der Waals surface area contributed by atoms with Crippen molar-refractivity contribution in [2.24, 2.45) is 16.5 Å². The molecule has 1 aromatic rings. The highest BCUT2D eigenvalue weighted by Gasteiger charge is 2.27. The summed E-state index contributed by atoms with van der Waals surface area (Å²) in [4.78, 5) is 5.58. The lowest BCUT2D eigenvalue weighted by Gasteiger charge is -2.17. The van der Waals surface area contributed by atoms with Crippen molar-refractivity contribution in [1.82, 2.24) is 4.90 Å². The third-order valence-corrected chi connectivity index (χ3v) is 3.69. The summed E-state index contributed by atoms with van der Waals surface area (Å²) in [5.74, 6) is 0.255. The Kier molecular flexibility index (Phi) is 4.17. The van der Waals surface area contributed by atoms with Crippen molar-refractivity contribution in [3.05, 3.63) is 33.8 Å². The molecule has 5 N–H and O–H groups in total. The molecule has 1 heterocycles. The van der Waals surface area contributed by atoms with E-state index >= 15 is 0 Å². The van der Waals surface area contributed by atoms with Crippen LogP contribution in [0, 0.1) is 5.41 Å². The zero-order valence-corrected chi connectivity index (χ0v) is 11.7. The molecule has 5 nitrogen and oxygen atoms in total. The molecule has 0 aliphatic carbocycles. The summed E-state index contributed by atoms with van der Waals surface area (Å²) >= 11 is 12.1. The van der Waals surface area contributed by atoms with E-state index in [-0.39, 0.29) is 17.8 Å². The van der Waals surface area contributed by atoms with Crippen LogP contribution in [0.15, 0.2) is 23.2 Å². The minimum absolute atomic E-state index is 0.0904. The summed E-state index contributed by atoms with van der Waals surface area (Å²) in [7, 11) is 0. The molecule has 19 heavy (non-hydrogen) atoms. The lowest BCUT2D eigenvalue weighted by atomic mass is 9.98. The van der Waals surface area contributed by atoms with E-state index in [0.29, 0.717) is 16.6 Å². The smallest absolute Gasteiger partial charge is 0.221 e. The highest BCUT2D eigenvalue weighted by Crippen LogP contribution is 2.33. The van der Waals surface area contributed by atoms with Gasteiger partial charge in [-0.1, -0.05) is 29.3 Å². The Morgan fingerprint density at radius 2 is 2.11 bits per heavy atom. The van der Waals surface area contributed by atoms with Crippen LogP contribution in [0.1, 0.15) is 17.9 Å². The molecule has 0 radical (unpaired) electrons. The van der Waals surface area contributed by atoms with Crippen LogP contribution >= 0.6 is 23.2 Å². The SMILES string of the molecule is N=C(N=C(N)N)N1CCC(c2ccc(Cl)cc2Cl)C1. The van der Waals surface area contributed by atoms with E-state index in [1.165, 1.54) is 0 Å². The van der Waals surface area contributed by atoms with Gasteiger partial charge in [0.25, 0.3) is 0 Å². The molecule has 1 aliphatic rings. The largest absolute Gasteiger partial charge is 0.370 e. The number of halogens is 2. The first kappa shape index (κ1) is 14.0. The summed E-state index contributed by atoms with van der Waals surface area (Å²) in [6.07, 6.45) is 0.906. The molecule has 7 heteroatoms. The molecular weight excluding hydrogens is 285 g/mol. The van der Waals surface area contributed by atoms with Gasteiger partial charge in [0, 0.05) is 29.1 Å². The average molecular weight is 300 g/mol. The minimum atomic E-state index is -0.0991. The van der Waals surface area contributed by atoms with E-state index in [9.17, 15) is 0 Å². The predicted molar refractivity (Wildman–Crippen MR) is 78.9 cm³/mol. The van der Waals surface area contributed by atoms with Crippen LogP contribution in [0.3, 0.4) is 0 Å². The van der Waals surface area contributed by atoms with E-state index in [0.717, 1.165) is 18.5 Å². The summed E-state index contributed by atoms with van der Waals surface area (Å²) < 4.78 is 0. The standard InChI is InChI=1S/C12H15Cl2N5/c13-8-1-2-9(10(14)5-8)7-3-4-19(6-7)12(17)18-11(15)16/h1-2,5,7H,3-4,6H2,(H5,15,16,17,18). The van der Waals surface area contributed by atoms with E-state index in [1.54, 1.807) is 6.07 Å². The fourth-order valence-corrected chi connectivity index (χ4v) is 2.79. The van der Waals surface area contributed by atoms with Gasteiger partial charge in [-0.2, -0.15) is 4.99 Å². The first-order valence-electron chi connectivity index (χ1n) is 5.85. The average Bonchev–Trinajstić information content (AvgIpc) is 2.77. The molecule has 1 saturated heterocycles. The summed E-state index contributed by atoms with van der Waals surface area (Å²) in [6, 6.07) is 5.50. The highest BCUT2D eigenvalue weighted by atomic mass is 35.5. The molecule has 1 unspecified atom stereocenters. The maximum atomic E-state index is 7.78. The third kappa shape index (κ3) is 3.30. The fourth-order valence-electron chi connectivity index (χ4n) is 2.23. The Balaban J connectivity index is 2.10. The van der Waals surface area contributed by atoms with Crippen LogP contribution in [0.4, 0.5) is 0 Å². The Morgan fingerprint density at radius 1 is 1.37 bits per heavy atom. The van der Waals surface area contributed by atoms with Gasteiger partial charge in [0.1, 0.15) is 0 Å². The lowest BCUT2D eigenvalue weighted by molar-refractivity contribution is 0.501. The van der Waals surface area contributed by atoms with Crippen molar-refractivity contribution in [3.8, 4) is 0 Å². The maximum absolute atomic E-state index is 7.78. The van der Waals surface area contributed by atoms with Crippen LogP contribution in [-0.2, 0) is 0 Å². The van der Waals surface area contributed by atoms with Crippen LogP contribution in [-0.4, -0.2) is 29.9 Å². The Labute approximate surface area is 121 Å². The fraction of sp³-hybridized carbons (Fsp3) is 0.333. The van der Waals surface area contributed by atoms with Crippen molar-refractivity contribution < 1.29 is 0 Å². The first-order valence-corrected chi connectivity index (χ1v) is 6.61. The summed E-state index contributed by atoms with van der Waals surface area (Å²) in [5.41, 5.74) is 11.6. The Morgan fingerprint density at radius 3 is 2.74 bits per heavy atom. The second-order valence-corrected chi connectivity index (χ2v) is 5.30. The van der Waals surface area contributed by atoms with Gasteiger partial charge in [-0.05, 0) is 24.1 Å². The van der Waals surface area contributed by atoms with E-state index in [1.807, 2.05) is 17.0 Å². The number of guanidine groups is 2. The molecule has 0 bridgehead atoms. The van der Waals surface area contributed by atoms with Gasteiger partial charge in [0.2, 0.25) is 5.96 Å². The monoisotopic (exact) mass is 299 g/mol. The van der Waals surface area contributed by atoms with Crippen LogP contribution in [0.25, 0.3) is 0 Å². The van der Waals surface area contributed by atoms with E-state index in [4.69, 9.17) is 40.1 Å². The predicted octanol–water partition coefficient (Wildman–Crippen LogP) is 1.99. The highest BCUT2D eigenvalue weighted by molar-refractivity contribution is 6.35. The summed E-state index contributed by atoms with van der Waals surface area (Å²) in [6.45, 7) is 1.41. The second-order valence-electron chi connectivity index (χ2n) is 4.46. The number of nitrogens with two attached hydrogens (primary N) is 2. The minimum Gasteiger partial charge on any atom is -0.370 e. The van der Waals surface area contributed by atoms with Gasteiger partial charge < -0.3 is 16.4 Å². The van der Waals surface area contributed by atoms with Crippen molar-refractivity contribution in [1.29, 1.82) is 5.41 Å². The van der Waals surface area contributed by atoms with Crippen LogP contribution in [0.2, 0.25) is 10.0 Å². The molecule has 1 atom stereocenters. The van der Waals surface area contributed by atoms with Crippen molar-refractivity contribution >= 4 is 35.1 Å². The van der Waals surface area contributed by atoms with Gasteiger partial charge in [-0.3, -0.25) is 5.41 Å². The van der Waals surface area contributed by atoms with E-state index < -0.39 is 0 Å². The zero-order chi connectivity index (χ0) is 14.0. The maximum Gasteiger partial charge on any atom is 0.221 e. The number of benzene rings is 1. The molecule has 102 valence electrons. The van der Waals surface area contributed by atoms with E-state index in [2.05, 4.69) is 4.99 Å². The lowest BCUT2D eigenvalue weighted by Crippen LogP contribution is -2.31. The molecule has 1 fully saturated rings. The molecule has 1 aromatic carbocycles.